The van der Waals surface area contributed by atoms with Crippen LogP contribution < -0.4 is 5.32 Å². The molecular weight excluding hydrogens is 347 g/mol. The third-order valence-corrected chi connectivity index (χ3v) is 4.08. The van der Waals surface area contributed by atoms with Gasteiger partial charge in [0.1, 0.15) is 11.3 Å². The summed E-state index contributed by atoms with van der Waals surface area (Å²) in [6, 6.07) is 11.0. The second kappa shape index (κ2) is 7.35. The van der Waals surface area contributed by atoms with E-state index >= 15 is 0 Å². The Hall–Kier alpha value is -2.87. The maximum absolute atomic E-state index is 13.6. The van der Waals surface area contributed by atoms with Crippen molar-refractivity contribution in [2.24, 2.45) is 0 Å². The highest BCUT2D eigenvalue weighted by molar-refractivity contribution is 7.99. The minimum atomic E-state index is -0.811. The molecule has 0 spiro atoms. The molecule has 0 aliphatic rings. The molecule has 1 heterocycles. The zero-order valence-electron chi connectivity index (χ0n) is 13.1. The van der Waals surface area contributed by atoms with E-state index in [9.17, 15) is 14.0 Å². The topological polar surface area (TPSA) is 81.4 Å². The largest absolute Gasteiger partial charge is 0.465 e. The lowest BCUT2D eigenvalue weighted by Crippen LogP contribution is -2.15. The van der Waals surface area contributed by atoms with Crippen molar-refractivity contribution in [3.05, 3.63) is 53.8 Å². The Kier molecular flexibility index (Phi) is 4.99. The minimum absolute atomic E-state index is 0.0533. The normalized spacial score (nSPS) is 10.6. The average molecular weight is 360 g/mol. The van der Waals surface area contributed by atoms with E-state index in [4.69, 9.17) is 4.42 Å². The molecule has 3 aromatic rings. The summed E-state index contributed by atoms with van der Waals surface area (Å²) in [7, 11) is 1.16. The van der Waals surface area contributed by atoms with Gasteiger partial charge < -0.3 is 14.5 Å². The van der Waals surface area contributed by atoms with Gasteiger partial charge in [-0.3, -0.25) is 4.79 Å². The fraction of sp³-hybridized carbons (Fsp3) is 0.118. The smallest absolute Gasteiger partial charge is 0.340 e. The number of aromatic nitrogens is 1. The van der Waals surface area contributed by atoms with Crippen LogP contribution in [0.3, 0.4) is 0 Å². The molecule has 6 nitrogen and oxygen atoms in total. The molecule has 1 amide bonds. The van der Waals surface area contributed by atoms with Crippen LogP contribution in [0, 0.1) is 5.82 Å². The first-order valence-corrected chi connectivity index (χ1v) is 8.21. The molecule has 8 heteroatoms. The molecule has 2 aromatic carbocycles. The molecule has 0 fully saturated rings. The van der Waals surface area contributed by atoms with E-state index in [-0.39, 0.29) is 17.2 Å². The van der Waals surface area contributed by atoms with Crippen molar-refractivity contribution in [1.29, 1.82) is 0 Å². The number of benzene rings is 2. The fourth-order valence-corrected chi connectivity index (χ4v) is 2.74. The summed E-state index contributed by atoms with van der Waals surface area (Å²) in [5, 5.41) is 2.97. The number of para-hydroxylation sites is 2. The number of esters is 1. The van der Waals surface area contributed by atoms with Crippen molar-refractivity contribution < 1.29 is 23.1 Å². The van der Waals surface area contributed by atoms with Crippen LogP contribution in [0.5, 0.6) is 0 Å². The van der Waals surface area contributed by atoms with Gasteiger partial charge in [-0.05, 0) is 30.3 Å². The molecule has 128 valence electrons. The van der Waals surface area contributed by atoms with E-state index in [2.05, 4.69) is 15.0 Å². The van der Waals surface area contributed by atoms with Gasteiger partial charge in [-0.1, -0.05) is 23.9 Å². The van der Waals surface area contributed by atoms with Crippen LogP contribution in [-0.4, -0.2) is 29.7 Å². The molecular formula is C17H13FN2O4S. The monoisotopic (exact) mass is 360 g/mol. The number of oxazole rings is 1. The number of anilines is 1. The Labute approximate surface area is 146 Å². The van der Waals surface area contributed by atoms with Gasteiger partial charge in [0.05, 0.1) is 18.4 Å². The molecule has 0 radical (unpaired) electrons. The van der Waals surface area contributed by atoms with Gasteiger partial charge >= 0.3 is 5.97 Å². The van der Waals surface area contributed by atoms with Gasteiger partial charge in [0.25, 0.3) is 5.22 Å². The Bertz CT molecular complexity index is 908. The van der Waals surface area contributed by atoms with E-state index in [1.807, 2.05) is 18.2 Å². The summed E-state index contributed by atoms with van der Waals surface area (Å²) in [6.45, 7) is 0. The number of fused-ring (bicyclic) bond motifs is 1. The first kappa shape index (κ1) is 17.0. The Balaban J connectivity index is 1.63. The van der Waals surface area contributed by atoms with Crippen molar-refractivity contribution in [3.8, 4) is 0 Å². The summed E-state index contributed by atoms with van der Waals surface area (Å²) in [4.78, 5) is 27.8. The number of halogens is 1. The van der Waals surface area contributed by atoms with Crippen molar-refractivity contribution in [2.75, 3.05) is 18.2 Å². The summed E-state index contributed by atoms with van der Waals surface area (Å²) in [6.07, 6.45) is 0. The van der Waals surface area contributed by atoms with E-state index in [1.54, 1.807) is 6.07 Å². The highest BCUT2D eigenvalue weighted by Crippen LogP contribution is 2.23. The van der Waals surface area contributed by atoms with Crippen LogP contribution in [0.25, 0.3) is 11.1 Å². The summed E-state index contributed by atoms with van der Waals surface area (Å²) < 4.78 is 23.6. The Morgan fingerprint density at radius 1 is 1.28 bits per heavy atom. The van der Waals surface area contributed by atoms with Crippen molar-refractivity contribution in [3.63, 3.8) is 0 Å². The molecule has 1 aromatic heterocycles. The molecule has 1 N–H and O–H groups in total. The number of nitrogens with one attached hydrogen (secondary N) is 1. The number of nitrogens with zero attached hydrogens (tertiary/aromatic N) is 1. The first-order valence-electron chi connectivity index (χ1n) is 7.23. The molecule has 0 aliphatic heterocycles. The fourth-order valence-electron chi connectivity index (χ4n) is 2.11. The molecule has 0 atom stereocenters. The number of hydrogen-bond acceptors (Lipinski definition) is 6. The molecule has 0 aliphatic carbocycles. The molecule has 0 saturated carbocycles. The second-order valence-corrected chi connectivity index (χ2v) is 5.90. The van der Waals surface area contributed by atoms with E-state index < -0.39 is 11.8 Å². The molecule has 0 saturated heterocycles. The SMILES string of the molecule is COC(=O)c1cc(NC(=O)CSc2nc3ccccc3o2)ccc1F. The molecule has 25 heavy (non-hydrogen) atoms. The third kappa shape index (κ3) is 3.97. The summed E-state index contributed by atoms with van der Waals surface area (Å²) >= 11 is 1.14. The number of carbonyl (C=O) groups is 2. The van der Waals surface area contributed by atoms with Crippen LogP contribution in [0.1, 0.15) is 10.4 Å². The van der Waals surface area contributed by atoms with E-state index in [0.717, 1.165) is 24.9 Å². The van der Waals surface area contributed by atoms with Crippen LogP contribution in [0.2, 0.25) is 0 Å². The zero-order valence-corrected chi connectivity index (χ0v) is 13.9. The maximum atomic E-state index is 13.6. The highest BCUT2D eigenvalue weighted by atomic mass is 32.2. The van der Waals surface area contributed by atoms with Crippen LogP contribution in [0.15, 0.2) is 52.1 Å². The Morgan fingerprint density at radius 2 is 2.08 bits per heavy atom. The summed E-state index contributed by atoms with van der Waals surface area (Å²) in [5.41, 5.74) is 1.41. The van der Waals surface area contributed by atoms with Crippen molar-refractivity contribution in [2.45, 2.75) is 5.22 Å². The lowest BCUT2D eigenvalue weighted by Gasteiger charge is -2.07. The standard InChI is InChI=1S/C17H13FN2O4S/c1-23-16(22)11-8-10(6-7-12(11)18)19-15(21)9-25-17-20-13-4-2-3-5-14(13)24-17/h2-8H,9H2,1H3,(H,19,21). The van der Waals surface area contributed by atoms with Gasteiger partial charge in [0, 0.05) is 5.69 Å². The Morgan fingerprint density at radius 3 is 2.84 bits per heavy atom. The molecule has 3 rings (SSSR count). The number of ether oxygens (including phenoxy) is 1. The van der Waals surface area contributed by atoms with Crippen LogP contribution >= 0.6 is 11.8 Å². The van der Waals surface area contributed by atoms with E-state index in [1.165, 1.54) is 12.1 Å². The third-order valence-electron chi connectivity index (χ3n) is 3.26. The number of carbonyl (C=O) groups excluding carboxylic acids is 2. The molecule has 0 bridgehead atoms. The number of thioether (sulfide) groups is 1. The lowest BCUT2D eigenvalue weighted by molar-refractivity contribution is -0.113. The summed E-state index contributed by atoms with van der Waals surface area (Å²) in [5.74, 6) is -1.81. The van der Waals surface area contributed by atoms with Crippen LogP contribution in [0.4, 0.5) is 10.1 Å². The van der Waals surface area contributed by atoms with Gasteiger partial charge in [-0.2, -0.15) is 0 Å². The minimum Gasteiger partial charge on any atom is -0.465 e. The van der Waals surface area contributed by atoms with E-state index in [0.29, 0.717) is 22.0 Å². The predicted molar refractivity (Wildman–Crippen MR) is 91.1 cm³/mol. The second-order valence-electron chi connectivity index (χ2n) is 4.97. The first-order chi connectivity index (χ1) is 12.1. The van der Waals surface area contributed by atoms with Crippen molar-refractivity contribution >= 4 is 40.4 Å². The maximum Gasteiger partial charge on any atom is 0.340 e. The van der Waals surface area contributed by atoms with Gasteiger partial charge in [-0.15, -0.1) is 0 Å². The average Bonchev–Trinajstić information content (AvgIpc) is 3.04. The van der Waals surface area contributed by atoms with Gasteiger partial charge in [0.2, 0.25) is 5.91 Å². The number of methoxy groups -OCH3 is 1. The number of amides is 1. The molecule has 0 unspecified atom stereocenters. The van der Waals surface area contributed by atoms with Crippen molar-refractivity contribution in [1.82, 2.24) is 4.98 Å². The predicted octanol–water partition coefficient (Wildman–Crippen LogP) is 3.48. The highest BCUT2D eigenvalue weighted by Gasteiger charge is 2.14. The number of rotatable bonds is 5. The van der Waals surface area contributed by atoms with Gasteiger partial charge in [-0.25, -0.2) is 14.2 Å². The van der Waals surface area contributed by atoms with Gasteiger partial charge in [0.15, 0.2) is 5.58 Å². The quantitative estimate of drug-likeness (QED) is 0.554. The zero-order chi connectivity index (χ0) is 17.8. The lowest BCUT2D eigenvalue weighted by atomic mass is 10.2. The number of hydrogen-bond donors (Lipinski definition) is 1. The van der Waals surface area contributed by atoms with Crippen LogP contribution in [-0.2, 0) is 9.53 Å².